The number of nitrogens with one attached hydrogen (secondary N) is 1. The summed E-state index contributed by atoms with van der Waals surface area (Å²) < 4.78 is 7.74. The second-order valence-electron chi connectivity index (χ2n) is 6.24. The van der Waals surface area contributed by atoms with Gasteiger partial charge in [0.15, 0.2) is 0 Å². The fourth-order valence-electron chi connectivity index (χ4n) is 3.05. The summed E-state index contributed by atoms with van der Waals surface area (Å²) in [7, 11) is 1.93. The van der Waals surface area contributed by atoms with Crippen molar-refractivity contribution in [2.75, 3.05) is 19.7 Å². The number of nitrogens with zero attached hydrogens (tertiary/aromatic N) is 3. The van der Waals surface area contributed by atoms with Crippen molar-refractivity contribution in [3.63, 3.8) is 0 Å². The molecule has 1 fully saturated rings. The molecule has 0 radical (unpaired) electrons. The lowest BCUT2D eigenvalue weighted by atomic mass is 10.0. The van der Waals surface area contributed by atoms with Crippen LogP contribution in [0.15, 0.2) is 30.6 Å². The summed E-state index contributed by atoms with van der Waals surface area (Å²) in [6.45, 7) is 3.37. The molecule has 3 heterocycles. The Morgan fingerprint density at radius 1 is 1.43 bits per heavy atom. The molecule has 1 saturated heterocycles. The third kappa shape index (κ3) is 3.07. The van der Waals surface area contributed by atoms with E-state index in [1.54, 1.807) is 0 Å². The van der Waals surface area contributed by atoms with Crippen molar-refractivity contribution in [3.05, 3.63) is 47.3 Å². The third-order valence-electron chi connectivity index (χ3n) is 4.42. The SMILES string of the molecule is Cn1cc(CN2CC2COc2ccc3c(c2)CCNC3=O)cn1. The number of rotatable bonds is 5. The zero-order valence-electron chi connectivity index (χ0n) is 13.2. The molecule has 6 heteroatoms. The molecule has 4 rings (SSSR count). The number of aromatic nitrogens is 2. The number of carbonyl (C=O) groups excluding carboxylic acids is 1. The van der Waals surface area contributed by atoms with Crippen LogP contribution in [-0.4, -0.2) is 46.3 Å². The van der Waals surface area contributed by atoms with Gasteiger partial charge in [0.2, 0.25) is 0 Å². The molecule has 2 aliphatic heterocycles. The maximum atomic E-state index is 11.7. The molecule has 0 bridgehead atoms. The highest BCUT2D eigenvalue weighted by atomic mass is 16.5. The Morgan fingerprint density at radius 2 is 2.35 bits per heavy atom. The number of ether oxygens (including phenoxy) is 1. The first kappa shape index (κ1) is 14.3. The zero-order chi connectivity index (χ0) is 15.8. The fraction of sp³-hybridized carbons (Fsp3) is 0.412. The minimum absolute atomic E-state index is 0.0163. The Kier molecular flexibility index (Phi) is 3.53. The molecule has 2 unspecified atom stereocenters. The summed E-state index contributed by atoms with van der Waals surface area (Å²) in [6, 6.07) is 6.22. The van der Waals surface area contributed by atoms with Gasteiger partial charge in [0.1, 0.15) is 12.4 Å². The van der Waals surface area contributed by atoms with Gasteiger partial charge in [0.05, 0.1) is 12.2 Å². The minimum atomic E-state index is 0.0163. The molecular formula is C17H20N4O2. The van der Waals surface area contributed by atoms with E-state index >= 15 is 0 Å². The zero-order valence-corrected chi connectivity index (χ0v) is 13.2. The van der Waals surface area contributed by atoms with Gasteiger partial charge < -0.3 is 10.1 Å². The van der Waals surface area contributed by atoms with Crippen LogP contribution in [0, 0.1) is 0 Å². The molecule has 6 nitrogen and oxygen atoms in total. The number of hydrogen-bond donors (Lipinski definition) is 1. The Hall–Kier alpha value is -2.34. The van der Waals surface area contributed by atoms with Crippen molar-refractivity contribution >= 4 is 5.91 Å². The molecule has 120 valence electrons. The van der Waals surface area contributed by atoms with Crippen LogP contribution in [0.25, 0.3) is 0 Å². The highest BCUT2D eigenvalue weighted by molar-refractivity contribution is 5.96. The van der Waals surface area contributed by atoms with Gasteiger partial charge in [-0.2, -0.15) is 5.10 Å². The van der Waals surface area contributed by atoms with Crippen LogP contribution in [0.1, 0.15) is 21.5 Å². The van der Waals surface area contributed by atoms with Gasteiger partial charge in [0, 0.05) is 44.0 Å². The van der Waals surface area contributed by atoms with E-state index in [1.165, 1.54) is 5.56 Å². The highest BCUT2D eigenvalue weighted by Crippen LogP contribution is 2.24. The van der Waals surface area contributed by atoms with Crippen LogP contribution < -0.4 is 10.1 Å². The molecule has 23 heavy (non-hydrogen) atoms. The van der Waals surface area contributed by atoms with Crippen molar-refractivity contribution in [2.24, 2.45) is 7.05 Å². The first-order valence-corrected chi connectivity index (χ1v) is 7.94. The minimum Gasteiger partial charge on any atom is -0.492 e. The average Bonchev–Trinajstić information content (AvgIpc) is 3.15. The van der Waals surface area contributed by atoms with Crippen LogP contribution >= 0.6 is 0 Å². The summed E-state index contributed by atoms with van der Waals surface area (Å²) in [6.07, 6.45) is 4.82. The second kappa shape index (κ2) is 5.70. The Balaban J connectivity index is 1.31. The number of hydrogen-bond acceptors (Lipinski definition) is 4. The first-order valence-electron chi connectivity index (χ1n) is 7.94. The van der Waals surface area contributed by atoms with E-state index in [2.05, 4.69) is 15.3 Å². The van der Waals surface area contributed by atoms with Gasteiger partial charge in [-0.15, -0.1) is 0 Å². The maximum absolute atomic E-state index is 11.7. The van der Waals surface area contributed by atoms with Crippen molar-refractivity contribution < 1.29 is 9.53 Å². The monoisotopic (exact) mass is 312 g/mol. The molecule has 1 aromatic carbocycles. The van der Waals surface area contributed by atoms with Crippen molar-refractivity contribution in [1.82, 2.24) is 20.0 Å². The number of aryl methyl sites for hydroxylation is 1. The van der Waals surface area contributed by atoms with Gasteiger partial charge in [-0.25, -0.2) is 0 Å². The predicted molar refractivity (Wildman–Crippen MR) is 85.4 cm³/mol. The third-order valence-corrected chi connectivity index (χ3v) is 4.42. The molecule has 0 saturated carbocycles. The molecule has 2 atom stereocenters. The Morgan fingerprint density at radius 3 is 3.17 bits per heavy atom. The van der Waals surface area contributed by atoms with Crippen molar-refractivity contribution in [1.29, 1.82) is 0 Å². The molecule has 1 amide bonds. The van der Waals surface area contributed by atoms with Crippen LogP contribution in [0.3, 0.4) is 0 Å². The normalized spacial score (nSPS) is 22.4. The highest BCUT2D eigenvalue weighted by Gasteiger charge is 2.34. The van der Waals surface area contributed by atoms with E-state index in [0.717, 1.165) is 36.4 Å². The number of benzene rings is 1. The Labute approximate surface area is 135 Å². The smallest absolute Gasteiger partial charge is 0.251 e. The van der Waals surface area contributed by atoms with Crippen molar-refractivity contribution in [3.8, 4) is 5.75 Å². The van der Waals surface area contributed by atoms with E-state index in [0.29, 0.717) is 19.2 Å². The summed E-state index contributed by atoms with van der Waals surface area (Å²) in [5.74, 6) is 0.870. The van der Waals surface area contributed by atoms with Gasteiger partial charge in [-0.1, -0.05) is 0 Å². The molecular weight excluding hydrogens is 292 g/mol. The predicted octanol–water partition coefficient (Wildman–Crippen LogP) is 0.969. The van der Waals surface area contributed by atoms with Crippen LogP contribution in [0.5, 0.6) is 5.75 Å². The van der Waals surface area contributed by atoms with Crippen LogP contribution in [0.4, 0.5) is 0 Å². The number of amides is 1. The summed E-state index contributed by atoms with van der Waals surface area (Å²) in [4.78, 5) is 14.1. The average molecular weight is 312 g/mol. The Bertz CT molecular complexity index is 740. The largest absolute Gasteiger partial charge is 0.492 e. The van der Waals surface area contributed by atoms with Crippen LogP contribution in [-0.2, 0) is 20.0 Å². The van der Waals surface area contributed by atoms with Crippen molar-refractivity contribution in [2.45, 2.75) is 19.0 Å². The van der Waals surface area contributed by atoms with E-state index in [1.807, 2.05) is 42.3 Å². The fourth-order valence-corrected chi connectivity index (χ4v) is 3.05. The van der Waals surface area contributed by atoms with E-state index in [9.17, 15) is 4.79 Å². The lowest BCUT2D eigenvalue weighted by Gasteiger charge is -2.17. The molecule has 0 aliphatic carbocycles. The number of carbonyl (C=O) groups is 1. The molecule has 1 aromatic heterocycles. The molecule has 2 aliphatic rings. The van der Waals surface area contributed by atoms with Crippen LogP contribution in [0.2, 0.25) is 0 Å². The number of fused-ring (bicyclic) bond motifs is 1. The standard InChI is InChI=1S/C17H20N4O2/c1-20-8-12(7-19-20)9-21-10-14(21)11-23-15-2-3-16-13(6-15)4-5-18-17(16)22/h2-3,6-8,14H,4-5,9-11H2,1H3,(H,18,22). The first-order chi connectivity index (χ1) is 11.2. The lowest BCUT2D eigenvalue weighted by molar-refractivity contribution is 0.0946. The molecule has 1 N–H and O–H groups in total. The lowest BCUT2D eigenvalue weighted by Crippen LogP contribution is -2.31. The van der Waals surface area contributed by atoms with E-state index in [-0.39, 0.29) is 5.91 Å². The summed E-state index contributed by atoms with van der Waals surface area (Å²) in [5.41, 5.74) is 3.08. The molecule has 2 aromatic rings. The second-order valence-corrected chi connectivity index (χ2v) is 6.24. The van der Waals surface area contributed by atoms with Gasteiger partial charge in [0.25, 0.3) is 5.91 Å². The molecule has 0 spiro atoms. The topological polar surface area (TPSA) is 59.2 Å². The van der Waals surface area contributed by atoms with E-state index < -0.39 is 0 Å². The van der Waals surface area contributed by atoms with Gasteiger partial charge in [-0.05, 0) is 30.2 Å². The summed E-state index contributed by atoms with van der Waals surface area (Å²) in [5, 5.41) is 7.04. The summed E-state index contributed by atoms with van der Waals surface area (Å²) >= 11 is 0. The maximum Gasteiger partial charge on any atom is 0.251 e. The van der Waals surface area contributed by atoms with E-state index in [4.69, 9.17) is 4.74 Å². The quantitative estimate of drug-likeness (QED) is 0.836. The van der Waals surface area contributed by atoms with Gasteiger partial charge >= 0.3 is 0 Å². The van der Waals surface area contributed by atoms with Gasteiger partial charge in [-0.3, -0.25) is 14.4 Å².